The summed E-state index contributed by atoms with van der Waals surface area (Å²) in [6, 6.07) is 2.26. The highest BCUT2D eigenvalue weighted by Gasteiger charge is 2.32. The Balaban J connectivity index is 2.01. The summed E-state index contributed by atoms with van der Waals surface area (Å²) in [7, 11) is 0. The van der Waals surface area contributed by atoms with Crippen LogP contribution >= 0.6 is 0 Å². The minimum absolute atomic E-state index is 0.307. The molecular formula is C15H25N3O. The van der Waals surface area contributed by atoms with Gasteiger partial charge in [0.05, 0.1) is 6.61 Å². The number of rotatable bonds is 5. The number of aromatic nitrogens is 2. The molecule has 0 aliphatic heterocycles. The van der Waals surface area contributed by atoms with E-state index in [2.05, 4.69) is 36.1 Å². The summed E-state index contributed by atoms with van der Waals surface area (Å²) in [6.07, 6.45) is 7.81. The van der Waals surface area contributed by atoms with Crippen molar-refractivity contribution in [2.24, 2.45) is 5.41 Å². The molecule has 1 aromatic rings. The van der Waals surface area contributed by atoms with Crippen molar-refractivity contribution in [2.45, 2.75) is 58.9 Å². The third-order valence-electron chi connectivity index (χ3n) is 3.89. The van der Waals surface area contributed by atoms with E-state index in [1.807, 2.05) is 6.07 Å². The number of anilines is 1. The van der Waals surface area contributed by atoms with E-state index in [-0.39, 0.29) is 0 Å². The molecule has 4 heteroatoms. The third kappa shape index (κ3) is 3.82. The van der Waals surface area contributed by atoms with Crippen molar-refractivity contribution in [1.29, 1.82) is 0 Å². The van der Waals surface area contributed by atoms with Crippen molar-refractivity contribution < 1.29 is 4.74 Å². The highest BCUT2D eigenvalue weighted by Crippen LogP contribution is 2.36. The molecule has 0 bridgehead atoms. The van der Waals surface area contributed by atoms with Crippen LogP contribution in [-0.4, -0.2) is 22.6 Å². The monoisotopic (exact) mass is 263 g/mol. The van der Waals surface area contributed by atoms with Crippen LogP contribution in [0.3, 0.4) is 0 Å². The Labute approximate surface area is 116 Å². The number of nitrogens with one attached hydrogen (secondary N) is 1. The Bertz CT molecular complexity index is 406. The van der Waals surface area contributed by atoms with E-state index in [4.69, 9.17) is 4.74 Å². The largest absolute Gasteiger partial charge is 0.478 e. The van der Waals surface area contributed by atoms with Crippen molar-refractivity contribution in [3.63, 3.8) is 0 Å². The van der Waals surface area contributed by atoms with E-state index >= 15 is 0 Å². The average molecular weight is 263 g/mol. The van der Waals surface area contributed by atoms with Crippen LogP contribution in [0, 0.1) is 5.41 Å². The second-order valence-corrected chi connectivity index (χ2v) is 6.00. The zero-order valence-electron chi connectivity index (χ0n) is 12.3. The molecule has 1 N–H and O–H groups in total. The Morgan fingerprint density at radius 3 is 3.00 bits per heavy atom. The maximum absolute atomic E-state index is 5.55. The summed E-state index contributed by atoms with van der Waals surface area (Å²) in [4.78, 5) is 8.73. The topological polar surface area (TPSA) is 47.0 Å². The molecule has 1 aliphatic carbocycles. The summed E-state index contributed by atoms with van der Waals surface area (Å²) in [5.74, 6) is 1.35. The molecule has 1 aromatic heterocycles. The van der Waals surface area contributed by atoms with E-state index in [0.29, 0.717) is 29.9 Å². The Morgan fingerprint density at radius 1 is 1.42 bits per heavy atom. The van der Waals surface area contributed by atoms with Gasteiger partial charge in [-0.2, -0.15) is 4.98 Å². The first-order valence-corrected chi connectivity index (χ1v) is 7.34. The SMILES string of the molecule is CCCOc1ccnc(NC2CCCCC2(C)C)n1. The predicted molar refractivity (Wildman–Crippen MR) is 77.5 cm³/mol. The lowest BCUT2D eigenvalue weighted by atomic mass is 9.73. The van der Waals surface area contributed by atoms with E-state index in [1.54, 1.807) is 6.20 Å². The van der Waals surface area contributed by atoms with Gasteiger partial charge in [-0.25, -0.2) is 4.98 Å². The quantitative estimate of drug-likeness (QED) is 0.881. The first kappa shape index (κ1) is 14.1. The minimum Gasteiger partial charge on any atom is -0.478 e. The Morgan fingerprint density at radius 2 is 2.26 bits per heavy atom. The van der Waals surface area contributed by atoms with Crippen LogP contribution in [0.15, 0.2) is 12.3 Å². The molecule has 19 heavy (non-hydrogen) atoms. The number of hydrogen-bond acceptors (Lipinski definition) is 4. The summed E-state index contributed by atoms with van der Waals surface area (Å²) >= 11 is 0. The van der Waals surface area contributed by atoms with Gasteiger partial charge in [-0.1, -0.05) is 33.6 Å². The maximum Gasteiger partial charge on any atom is 0.226 e. The molecule has 0 radical (unpaired) electrons. The van der Waals surface area contributed by atoms with Crippen molar-refractivity contribution >= 4 is 5.95 Å². The lowest BCUT2D eigenvalue weighted by molar-refractivity contribution is 0.216. The second kappa shape index (κ2) is 6.22. The zero-order chi connectivity index (χ0) is 13.7. The summed E-state index contributed by atoms with van der Waals surface area (Å²) in [5, 5.41) is 3.49. The van der Waals surface area contributed by atoms with Crippen LogP contribution in [-0.2, 0) is 0 Å². The molecule has 0 saturated heterocycles. The second-order valence-electron chi connectivity index (χ2n) is 6.00. The van der Waals surface area contributed by atoms with Gasteiger partial charge >= 0.3 is 0 Å². The summed E-state index contributed by atoms with van der Waals surface area (Å²) < 4.78 is 5.55. The van der Waals surface area contributed by atoms with Crippen LogP contribution in [0.2, 0.25) is 0 Å². The molecule has 1 unspecified atom stereocenters. The minimum atomic E-state index is 0.307. The first-order chi connectivity index (χ1) is 9.12. The molecule has 1 saturated carbocycles. The van der Waals surface area contributed by atoms with Gasteiger partial charge in [-0.05, 0) is 24.7 Å². The van der Waals surface area contributed by atoms with Gasteiger partial charge in [0.2, 0.25) is 11.8 Å². The third-order valence-corrected chi connectivity index (χ3v) is 3.89. The van der Waals surface area contributed by atoms with Crippen molar-refractivity contribution in [1.82, 2.24) is 9.97 Å². The molecule has 4 nitrogen and oxygen atoms in total. The molecule has 1 atom stereocenters. The predicted octanol–water partition coefficient (Wildman–Crippen LogP) is 3.65. The highest BCUT2D eigenvalue weighted by atomic mass is 16.5. The number of hydrogen-bond donors (Lipinski definition) is 1. The molecule has 2 rings (SSSR count). The molecular weight excluding hydrogens is 238 g/mol. The highest BCUT2D eigenvalue weighted by molar-refractivity contribution is 5.30. The summed E-state index contributed by atoms with van der Waals surface area (Å²) in [6.45, 7) is 7.43. The molecule has 0 aromatic carbocycles. The number of nitrogens with zero attached hydrogens (tertiary/aromatic N) is 2. The van der Waals surface area contributed by atoms with Gasteiger partial charge in [0.1, 0.15) is 0 Å². The average Bonchev–Trinajstić information content (AvgIpc) is 2.39. The molecule has 1 heterocycles. The molecule has 1 fully saturated rings. The summed E-state index contributed by atoms with van der Waals surface area (Å²) in [5.41, 5.74) is 0.307. The maximum atomic E-state index is 5.55. The fourth-order valence-electron chi connectivity index (χ4n) is 2.62. The van der Waals surface area contributed by atoms with Crippen LogP contribution in [0.1, 0.15) is 52.9 Å². The van der Waals surface area contributed by atoms with E-state index in [9.17, 15) is 0 Å². The number of ether oxygens (including phenoxy) is 1. The standard InChI is InChI=1S/C15H25N3O/c1-4-11-19-13-8-10-16-14(18-13)17-12-7-5-6-9-15(12,2)3/h8,10,12H,4-7,9,11H2,1-3H3,(H,16,17,18). The lowest BCUT2D eigenvalue weighted by Crippen LogP contribution is -2.39. The smallest absolute Gasteiger partial charge is 0.226 e. The molecule has 0 amide bonds. The van der Waals surface area contributed by atoms with Gasteiger partial charge in [-0.3, -0.25) is 0 Å². The first-order valence-electron chi connectivity index (χ1n) is 7.34. The fraction of sp³-hybridized carbons (Fsp3) is 0.733. The van der Waals surface area contributed by atoms with E-state index in [0.717, 1.165) is 6.42 Å². The van der Waals surface area contributed by atoms with E-state index in [1.165, 1.54) is 25.7 Å². The molecule has 1 aliphatic rings. The Hall–Kier alpha value is -1.32. The van der Waals surface area contributed by atoms with Gasteiger partial charge in [0.25, 0.3) is 0 Å². The van der Waals surface area contributed by atoms with Crippen molar-refractivity contribution in [3.05, 3.63) is 12.3 Å². The van der Waals surface area contributed by atoms with Crippen molar-refractivity contribution in [3.8, 4) is 5.88 Å². The molecule has 0 spiro atoms. The van der Waals surface area contributed by atoms with Crippen LogP contribution in [0.4, 0.5) is 5.95 Å². The fourth-order valence-corrected chi connectivity index (χ4v) is 2.62. The zero-order valence-corrected chi connectivity index (χ0v) is 12.3. The van der Waals surface area contributed by atoms with Crippen molar-refractivity contribution in [2.75, 3.05) is 11.9 Å². The van der Waals surface area contributed by atoms with E-state index < -0.39 is 0 Å². The van der Waals surface area contributed by atoms with Gasteiger partial charge in [-0.15, -0.1) is 0 Å². The van der Waals surface area contributed by atoms with Crippen LogP contribution in [0.25, 0.3) is 0 Å². The normalized spacial score (nSPS) is 21.9. The van der Waals surface area contributed by atoms with Crippen LogP contribution < -0.4 is 10.1 Å². The van der Waals surface area contributed by atoms with Gasteiger partial charge in [0.15, 0.2) is 0 Å². The van der Waals surface area contributed by atoms with Gasteiger partial charge in [0, 0.05) is 18.3 Å². The molecule has 106 valence electrons. The Kier molecular flexibility index (Phi) is 4.61. The lowest BCUT2D eigenvalue weighted by Gasteiger charge is -2.39. The van der Waals surface area contributed by atoms with Gasteiger partial charge < -0.3 is 10.1 Å². The van der Waals surface area contributed by atoms with Crippen LogP contribution in [0.5, 0.6) is 5.88 Å².